The Morgan fingerprint density at radius 3 is 2.50 bits per heavy atom. The van der Waals surface area contributed by atoms with E-state index >= 15 is 0 Å². The lowest BCUT2D eigenvalue weighted by Gasteiger charge is -2.13. The third-order valence-electron chi connectivity index (χ3n) is 3.44. The minimum absolute atomic E-state index is 0.204. The van der Waals surface area contributed by atoms with Crippen molar-refractivity contribution < 1.29 is 13.9 Å². The van der Waals surface area contributed by atoms with Crippen LogP contribution in [-0.2, 0) is 13.1 Å². The number of methoxy groups -OCH3 is 2. The molecule has 0 heterocycles. The van der Waals surface area contributed by atoms with Crippen LogP contribution in [0.4, 0.5) is 4.39 Å². The van der Waals surface area contributed by atoms with Crippen LogP contribution in [0.1, 0.15) is 16.7 Å². The highest BCUT2D eigenvalue weighted by Gasteiger charge is 2.10. The number of rotatable bonds is 6. The first-order chi connectivity index (χ1) is 10.5. The summed E-state index contributed by atoms with van der Waals surface area (Å²) in [6.45, 7) is 3.26. The van der Waals surface area contributed by atoms with Gasteiger partial charge in [-0.3, -0.25) is 0 Å². The molecule has 0 saturated heterocycles. The Morgan fingerprint density at radius 1 is 1.09 bits per heavy atom. The van der Waals surface area contributed by atoms with Crippen LogP contribution in [0.3, 0.4) is 0 Å². The van der Waals surface area contributed by atoms with E-state index in [1.807, 2.05) is 25.1 Å². The maximum Gasteiger partial charge on any atom is 0.174 e. The zero-order valence-corrected chi connectivity index (χ0v) is 14.5. The molecule has 3 nitrogen and oxygen atoms in total. The first kappa shape index (κ1) is 16.8. The lowest BCUT2D eigenvalue weighted by atomic mass is 10.1. The van der Waals surface area contributed by atoms with E-state index in [1.165, 1.54) is 6.07 Å². The van der Waals surface area contributed by atoms with Gasteiger partial charge in [0.25, 0.3) is 0 Å². The second-order valence-electron chi connectivity index (χ2n) is 4.99. The number of hydrogen-bond donors (Lipinski definition) is 1. The van der Waals surface area contributed by atoms with Gasteiger partial charge in [0.15, 0.2) is 11.5 Å². The van der Waals surface area contributed by atoms with Gasteiger partial charge in [0.2, 0.25) is 0 Å². The van der Waals surface area contributed by atoms with Crippen molar-refractivity contribution in [3.63, 3.8) is 0 Å². The third kappa shape index (κ3) is 3.99. The fourth-order valence-corrected chi connectivity index (χ4v) is 2.92. The molecule has 2 rings (SSSR count). The highest BCUT2D eigenvalue weighted by Crippen LogP contribution is 2.36. The Kier molecular flexibility index (Phi) is 5.80. The summed E-state index contributed by atoms with van der Waals surface area (Å²) in [5.41, 5.74) is 3.10. The fourth-order valence-electron chi connectivity index (χ4n) is 2.27. The Labute approximate surface area is 138 Å². The van der Waals surface area contributed by atoms with Gasteiger partial charge in [0.05, 0.1) is 18.7 Å². The Bertz CT molecular complexity index is 661. The Morgan fingerprint density at radius 2 is 1.86 bits per heavy atom. The molecule has 118 valence electrons. The maximum atomic E-state index is 13.1. The van der Waals surface area contributed by atoms with E-state index in [0.29, 0.717) is 24.6 Å². The first-order valence-electron chi connectivity index (χ1n) is 6.91. The minimum atomic E-state index is -0.204. The van der Waals surface area contributed by atoms with Crippen molar-refractivity contribution in [1.29, 1.82) is 0 Å². The molecule has 0 radical (unpaired) electrons. The molecule has 0 aliphatic heterocycles. The van der Waals surface area contributed by atoms with E-state index in [1.54, 1.807) is 20.3 Å². The van der Waals surface area contributed by atoms with Crippen molar-refractivity contribution in [2.75, 3.05) is 14.2 Å². The fraction of sp³-hybridized carbons (Fsp3) is 0.294. The SMILES string of the molecule is COc1cc(CNCc2ccc(F)cc2C)cc(Br)c1OC. The quantitative estimate of drug-likeness (QED) is 0.829. The van der Waals surface area contributed by atoms with E-state index in [4.69, 9.17) is 9.47 Å². The zero-order valence-electron chi connectivity index (χ0n) is 12.9. The molecule has 0 atom stereocenters. The average Bonchev–Trinajstić information content (AvgIpc) is 2.48. The van der Waals surface area contributed by atoms with Crippen LogP contribution in [-0.4, -0.2) is 14.2 Å². The highest BCUT2D eigenvalue weighted by molar-refractivity contribution is 9.10. The van der Waals surface area contributed by atoms with Gasteiger partial charge in [-0.2, -0.15) is 0 Å². The van der Waals surface area contributed by atoms with Crippen LogP contribution in [0.25, 0.3) is 0 Å². The molecule has 0 spiro atoms. The Hall–Kier alpha value is -1.59. The number of halogens is 2. The van der Waals surface area contributed by atoms with Gasteiger partial charge in [0, 0.05) is 13.1 Å². The number of nitrogens with one attached hydrogen (secondary N) is 1. The molecule has 0 aliphatic carbocycles. The van der Waals surface area contributed by atoms with Crippen LogP contribution in [0.2, 0.25) is 0 Å². The second-order valence-corrected chi connectivity index (χ2v) is 5.84. The minimum Gasteiger partial charge on any atom is -0.493 e. The number of benzene rings is 2. The van der Waals surface area contributed by atoms with Crippen molar-refractivity contribution in [1.82, 2.24) is 5.32 Å². The van der Waals surface area contributed by atoms with Crippen LogP contribution >= 0.6 is 15.9 Å². The van der Waals surface area contributed by atoms with E-state index in [9.17, 15) is 4.39 Å². The average molecular weight is 368 g/mol. The van der Waals surface area contributed by atoms with Gasteiger partial charge in [-0.1, -0.05) is 6.07 Å². The van der Waals surface area contributed by atoms with Crippen molar-refractivity contribution in [2.45, 2.75) is 20.0 Å². The molecular formula is C17H19BrFNO2. The van der Waals surface area contributed by atoms with Crippen molar-refractivity contribution in [3.05, 3.63) is 57.3 Å². The molecule has 1 N–H and O–H groups in total. The van der Waals surface area contributed by atoms with Crippen LogP contribution in [0.15, 0.2) is 34.8 Å². The van der Waals surface area contributed by atoms with Gasteiger partial charge in [0.1, 0.15) is 5.82 Å². The molecule has 0 aliphatic rings. The predicted octanol–water partition coefficient (Wildman–Crippen LogP) is 4.20. The summed E-state index contributed by atoms with van der Waals surface area (Å²) in [5.74, 6) is 1.16. The highest BCUT2D eigenvalue weighted by atomic mass is 79.9. The normalized spacial score (nSPS) is 10.6. The van der Waals surface area contributed by atoms with Gasteiger partial charge >= 0.3 is 0 Å². The summed E-state index contributed by atoms with van der Waals surface area (Å²) in [6, 6.07) is 8.77. The van der Waals surface area contributed by atoms with Gasteiger partial charge in [-0.25, -0.2) is 4.39 Å². The standard InChI is InChI=1S/C17H19BrFNO2/c1-11-6-14(19)5-4-13(11)10-20-9-12-7-15(18)17(22-3)16(8-12)21-2/h4-8,20H,9-10H2,1-3H3. The summed E-state index contributed by atoms with van der Waals surface area (Å²) in [7, 11) is 3.22. The molecule has 0 saturated carbocycles. The molecule has 22 heavy (non-hydrogen) atoms. The van der Waals surface area contributed by atoms with E-state index in [-0.39, 0.29) is 5.82 Å². The summed E-state index contributed by atoms with van der Waals surface area (Å²) in [4.78, 5) is 0. The summed E-state index contributed by atoms with van der Waals surface area (Å²) in [6.07, 6.45) is 0. The van der Waals surface area contributed by atoms with Gasteiger partial charge < -0.3 is 14.8 Å². The van der Waals surface area contributed by atoms with E-state index in [2.05, 4.69) is 21.2 Å². The van der Waals surface area contributed by atoms with E-state index in [0.717, 1.165) is 21.2 Å². The lowest BCUT2D eigenvalue weighted by molar-refractivity contribution is 0.352. The molecule has 0 amide bonds. The number of aryl methyl sites for hydroxylation is 1. The third-order valence-corrected chi connectivity index (χ3v) is 4.03. The summed E-state index contributed by atoms with van der Waals surface area (Å²) < 4.78 is 24.6. The first-order valence-corrected chi connectivity index (χ1v) is 7.70. The largest absolute Gasteiger partial charge is 0.493 e. The molecule has 0 unspecified atom stereocenters. The van der Waals surface area contributed by atoms with Gasteiger partial charge in [-0.15, -0.1) is 0 Å². The van der Waals surface area contributed by atoms with Crippen LogP contribution in [0.5, 0.6) is 11.5 Å². The molecule has 0 fully saturated rings. The smallest absolute Gasteiger partial charge is 0.174 e. The van der Waals surface area contributed by atoms with Crippen LogP contribution < -0.4 is 14.8 Å². The monoisotopic (exact) mass is 367 g/mol. The molecule has 0 bridgehead atoms. The zero-order chi connectivity index (χ0) is 16.1. The maximum absolute atomic E-state index is 13.1. The predicted molar refractivity (Wildman–Crippen MR) is 88.9 cm³/mol. The molecule has 5 heteroatoms. The summed E-state index contributed by atoms with van der Waals surface area (Å²) in [5, 5.41) is 3.35. The number of hydrogen-bond acceptors (Lipinski definition) is 3. The topological polar surface area (TPSA) is 30.5 Å². The second kappa shape index (κ2) is 7.61. The molecule has 2 aromatic rings. The van der Waals surface area contributed by atoms with Gasteiger partial charge in [-0.05, 0) is 63.8 Å². The van der Waals surface area contributed by atoms with Crippen molar-refractivity contribution in [3.8, 4) is 11.5 Å². The number of ether oxygens (including phenoxy) is 2. The van der Waals surface area contributed by atoms with E-state index < -0.39 is 0 Å². The lowest BCUT2D eigenvalue weighted by Crippen LogP contribution is -2.13. The molecule has 2 aromatic carbocycles. The van der Waals surface area contributed by atoms with Crippen LogP contribution in [0, 0.1) is 12.7 Å². The molecular weight excluding hydrogens is 349 g/mol. The van der Waals surface area contributed by atoms with Crippen molar-refractivity contribution >= 4 is 15.9 Å². The Balaban J connectivity index is 2.04. The van der Waals surface area contributed by atoms with Crippen molar-refractivity contribution in [2.24, 2.45) is 0 Å². The molecule has 0 aromatic heterocycles. The summed E-state index contributed by atoms with van der Waals surface area (Å²) >= 11 is 3.48.